The average molecular weight is 187 g/mol. The van der Waals surface area contributed by atoms with Gasteiger partial charge in [0.05, 0.1) is 6.04 Å². The van der Waals surface area contributed by atoms with Gasteiger partial charge in [0.2, 0.25) is 11.0 Å². The van der Waals surface area contributed by atoms with E-state index in [0.717, 1.165) is 12.2 Å². The molecule has 0 aromatic carbocycles. The summed E-state index contributed by atoms with van der Waals surface area (Å²) in [5.41, 5.74) is 0. The van der Waals surface area contributed by atoms with Crippen LogP contribution in [0, 0.1) is 5.92 Å². The minimum absolute atomic E-state index is 0.0316. The van der Waals surface area contributed by atoms with Crippen molar-refractivity contribution in [2.24, 2.45) is 5.92 Å². The van der Waals surface area contributed by atoms with Crippen molar-refractivity contribution in [1.82, 2.24) is 5.32 Å². The van der Waals surface area contributed by atoms with Crippen molar-refractivity contribution in [3.8, 4) is 0 Å². The van der Waals surface area contributed by atoms with Gasteiger partial charge in [-0.3, -0.25) is 9.59 Å². The number of hydrogen-bond acceptors (Lipinski definition) is 3. The Hall–Kier alpha value is -0.510. The first-order valence-electron chi connectivity index (χ1n) is 4.08. The molecule has 1 aliphatic rings. The SMILES string of the molecule is CC(C)C(=O)NC1CCSC1=O. The molecule has 0 aliphatic carbocycles. The van der Waals surface area contributed by atoms with E-state index >= 15 is 0 Å². The summed E-state index contributed by atoms with van der Waals surface area (Å²) >= 11 is 1.31. The minimum atomic E-state index is -0.232. The Balaban J connectivity index is 2.40. The highest BCUT2D eigenvalue weighted by Gasteiger charge is 2.27. The lowest BCUT2D eigenvalue weighted by Gasteiger charge is -2.11. The van der Waals surface area contributed by atoms with E-state index in [4.69, 9.17) is 0 Å². The second kappa shape index (κ2) is 3.94. The molecule has 0 aromatic heterocycles. The van der Waals surface area contributed by atoms with Gasteiger partial charge >= 0.3 is 0 Å². The topological polar surface area (TPSA) is 46.2 Å². The standard InChI is InChI=1S/C8H13NO2S/c1-5(2)7(10)9-6-3-4-12-8(6)11/h5-6H,3-4H2,1-2H3,(H,9,10). The first-order chi connectivity index (χ1) is 5.61. The van der Waals surface area contributed by atoms with Crippen LogP contribution in [0.25, 0.3) is 0 Å². The molecule has 1 rings (SSSR count). The fraction of sp³-hybridized carbons (Fsp3) is 0.750. The second-order valence-corrected chi connectivity index (χ2v) is 4.27. The van der Waals surface area contributed by atoms with Gasteiger partial charge in [0, 0.05) is 11.7 Å². The number of hydrogen-bond donors (Lipinski definition) is 1. The molecular formula is C8H13NO2S. The molecule has 12 heavy (non-hydrogen) atoms. The predicted molar refractivity (Wildman–Crippen MR) is 48.9 cm³/mol. The lowest BCUT2D eigenvalue weighted by atomic mass is 10.2. The molecule has 1 atom stereocenters. The Morgan fingerprint density at radius 1 is 1.67 bits per heavy atom. The third-order valence-corrected chi connectivity index (χ3v) is 2.79. The van der Waals surface area contributed by atoms with Crippen molar-refractivity contribution < 1.29 is 9.59 Å². The summed E-state index contributed by atoms with van der Waals surface area (Å²) in [7, 11) is 0. The molecule has 3 nitrogen and oxygen atoms in total. The summed E-state index contributed by atoms with van der Waals surface area (Å²) < 4.78 is 0. The van der Waals surface area contributed by atoms with Crippen molar-refractivity contribution in [3.05, 3.63) is 0 Å². The van der Waals surface area contributed by atoms with Crippen molar-refractivity contribution in [3.63, 3.8) is 0 Å². The van der Waals surface area contributed by atoms with Crippen molar-refractivity contribution in [1.29, 1.82) is 0 Å². The number of rotatable bonds is 2. The van der Waals surface area contributed by atoms with Gasteiger partial charge in [-0.1, -0.05) is 25.6 Å². The summed E-state index contributed by atoms with van der Waals surface area (Å²) in [6.45, 7) is 3.64. The molecule has 4 heteroatoms. The average Bonchev–Trinajstić information content (AvgIpc) is 2.36. The lowest BCUT2D eigenvalue weighted by molar-refractivity contribution is -0.126. The van der Waals surface area contributed by atoms with Crippen LogP contribution in [0.3, 0.4) is 0 Å². The van der Waals surface area contributed by atoms with E-state index in [9.17, 15) is 9.59 Å². The van der Waals surface area contributed by atoms with Crippen molar-refractivity contribution in [2.45, 2.75) is 26.3 Å². The molecule has 1 N–H and O–H groups in total. The molecule has 1 heterocycles. The van der Waals surface area contributed by atoms with Gasteiger partial charge in [-0.2, -0.15) is 0 Å². The molecule has 0 aromatic rings. The van der Waals surface area contributed by atoms with E-state index in [1.54, 1.807) is 0 Å². The predicted octanol–water partition coefficient (Wildman–Crippen LogP) is 0.791. The maximum Gasteiger partial charge on any atom is 0.223 e. The van der Waals surface area contributed by atoms with Crippen LogP contribution in [0.4, 0.5) is 0 Å². The van der Waals surface area contributed by atoms with Crippen LogP contribution in [0.1, 0.15) is 20.3 Å². The Morgan fingerprint density at radius 2 is 2.33 bits per heavy atom. The first kappa shape index (κ1) is 9.58. The van der Waals surface area contributed by atoms with E-state index < -0.39 is 0 Å². The Kier molecular flexibility index (Phi) is 3.14. The third-order valence-electron chi connectivity index (χ3n) is 1.78. The highest BCUT2D eigenvalue weighted by atomic mass is 32.2. The number of amides is 1. The van der Waals surface area contributed by atoms with Crippen LogP contribution < -0.4 is 5.32 Å². The molecule has 1 aliphatic heterocycles. The maximum absolute atomic E-state index is 11.2. The first-order valence-corrected chi connectivity index (χ1v) is 5.07. The summed E-state index contributed by atoms with van der Waals surface area (Å²) in [5.74, 6) is 0.765. The zero-order valence-electron chi connectivity index (χ0n) is 7.29. The molecule has 1 fully saturated rings. The zero-order valence-corrected chi connectivity index (χ0v) is 8.11. The summed E-state index contributed by atoms with van der Waals surface area (Å²) in [5, 5.41) is 2.82. The number of thioether (sulfide) groups is 1. The summed E-state index contributed by atoms with van der Waals surface area (Å²) in [6, 6.07) is -0.232. The quantitative estimate of drug-likeness (QED) is 0.695. The molecule has 1 unspecified atom stereocenters. The fourth-order valence-electron chi connectivity index (χ4n) is 0.965. The summed E-state index contributed by atoms with van der Waals surface area (Å²) in [4.78, 5) is 22.3. The van der Waals surface area contributed by atoms with Crippen molar-refractivity contribution in [2.75, 3.05) is 5.75 Å². The van der Waals surface area contributed by atoms with E-state index in [2.05, 4.69) is 5.32 Å². The number of carbonyl (C=O) groups is 2. The third kappa shape index (κ3) is 2.24. The normalized spacial score (nSPS) is 23.2. The fourth-order valence-corrected chi connectivity index (χ4v) is 1.90. The minimum Gasteiger partial charge on any atom is -0.345 e. The van der Waals surface area contributed by atoms with Crippen LogP contribution in [-0.4, -0.2) is 22.8 Å². The summed E-state index contributed by atoms with van der Waals surface area (Å²) in [6.07, 6.45) is 0.780. The van der Waals surface area contributed by atoms with Gasteiger partial charge in [0.15, 0.2) is 0 Å². The van der Waals surface area contributed by atoms with Crippen LogP contribution in [0.2, 0.25) is 0 Å². The molecule has 0 spiro atoms. The molecule has 1 saturated heterocycles. The zero-order chi connectivity index (χ0) is 9.14. The Bertz CT molecular complexity index is 203. The largest absolute Gasteiger partial charge is 0.345 e. The van der Waals surface area contributed by atoms with E-state index in [1.165, 1.54) is 11.8 Å². The maximum atomic E-state index is 11.2. The van der Waals surface area contributed by atoms with Gasteiger partial charge in [-0.05, 0) is 6.42 Å². The van der Waals surface area contributed by atoms with Crippen LogP contribution in [0.15, 0.2) is 0 Å². The smallest absolute Gasteiger partial charge is 0.223 e. The highest BCUT2D eigenvalue weighted by molar-refractivity contribution is 8.14. The van der Waals surface area contributed by atoms with Crippen LogP contribution >= 0.6 is 11.8 Å². The van der Waals surface area contributed by atoms with Gasteiger partial charge in [0.25, 0.3) is 0 Å². The van der Waals surface area contributed by atoms with E-state index in [0.29, 0.717) is 0 Å². The van der Waals surface area contributed by atoms with Gasteiger partial charge in [-0.15, -0.1) is 0 Å². The molecular weight excluding hydrogens is 174 g/mol. The highest BCUT2D eigenvalue weighted by Crippen LogP contribution is 2.19. The van der Waals surface area contributed by atoms with Gasteiger partial charge < -0.3 is 5.32 Å². The van der Waals surface area contributed by atoms with E-state index in [1.807, 2.05) is 13.8 Å². The van der Waals surface area contributed by atoms with Crippen LogP contribution in [0.5, 0.6) is 0 Å². The second-order valence-electron chi connectivity index (χ2n) is 3.17. The Morgan fingerprint density at radius 3 is 2.75 bits per heavy atom. The van der Waals surface area contributed by atoms with Crippen molar-refractivity contribution >= 4 is 22.8 Å². The molecule has 0 bridgehead atoms. The molecule has 1 amide bonds. The molecule has 68 valence electrons. The molecule has 0 saturated carbocycles. The van der Waals surface area contributed by atoms with Crippen LogP contribution in [-0.2, 0) is 9.59 Å². The number of carbonyl (C=O) groups excluding carboxylic acids is 2. The van der Waals surface area contributed by atoms with Gasteiger partial charge in [-0.25, -0.2) is 0 Å². The lowest BCUT2D eigenvalue weighted by Crippen LogP contribution is -2.39. The monoisotopic (exact) mass is 187 g/mol. The molecule has 0 radical (unpaired) electrons. The Labute approximate surface area is 76.3 Å². The van der Waals surface area contributed by atoms with E-state index in [-0.39, 0.29) is 23.0 Å². The number of nitrogens with one attached hydrogen (secondary N) is 1. The van der Waals surface area contributed by atoms with Gasteiger partial charge in [0.1, 0.15) is 0 Å².